The van der Waals surface area contributed by atoms with Gasteiger partial charge in [-0.3, -0.25) is 10.1 Å². The van der Waals surface area contributed by atoms with E-state index in [2.05, 4.69) is 12.2 Å². The summed E-state index contributed by atoms with van der Waals surface area (Å²) in [5, 5.41) is 3.78. The van der Waals surface area contributed by atoms with Crippen molar-refractivity contribution in [1.82, 2.24) is 5.32 Å². The van der Waals surface area contributed by atoms with Crippen molar-refractivity contribution >= 4 is 5.97 Å². The first-order chi connectivity index (χ1) is 9.73. The van der Waals surface area contributed by atoms with Crippen molar-refractivity contribution in [2.24, 2.45) is 5.92 Å². The van der Waals surface area contributed by atoms with Crippen LogP contribution in [-0.2, 0) is 9.53 Å². The second-order valence-corrected chi connectivity index (χ2v) is 6.52. The molecule has 0 aromatic rings. The van der Waals surface area contributed by atoms with Crippen LogP contribution in [0, 0.1) is 5.92 Å². The summed E-state index contributed by atoms with van der Waals surface area (Å²) in [4.78, 5) is 12.6. The van der Waals surface area contributed by atoms with Crippen molar-refractivity contribution in [1.29, 1.82) is 0 Å². The molecule has 2 aliphatic rings. The first-order valence-corrected chi connectivity index (χ1v) is 8.68. The standard InChI is InChI=1S/C17H31NO2/c1-3-14-10-9-13-17(14,16(19)20-4-2)18-15-11-7-5-6-8-12-15/h14-15,18H,3-13H2,1-2H3. The first kappa shape index (κ1) is 15.8. The maximum atomic E-state index is 12.6. The second-order valence-electron chi connectivity index (χ2n) is 6.52. The van der Waals surface area contributed by atoms with Gasteiger partial charge in [-0.1, -0.05) is 45.4 Å². The largest absolute Gasteiger partial charge is 0.465 e. The Labute approximate surface area is 123 Å². The fourth-order valence-electron chi connectivity index (χ4n) is 4.20. The van der Waals surface area contributed by atoms with Crippen molar-refractivity contribution in [3.8, 4) is 0 Å². The van der Waals surface area contributed by atoms with E-state index in [1.165, 1.54) is 38.5 Å². The minimum atomic E-state index is -0.389. The molecule has 0 aliphatic heterocycles. The molecule has 2 saturated carbocycles. The number of nitrogens with one attached hydrogen (secondary N) is 1. The lowest BCUT2D eigenvalue weighted by atomic mass is 9.83. The lowest BCUT2D eigenvalue weighted by Gasteiger charge is -2.37. The predicted molar refractivity (Wildman–Crippen MR) is 81.6 cm³/mol. The zero-order valence-electron chi connectivity index (χ0n) is 13.2. The molecule has 3 heteroatoms. The Bertz CT molecular complexity index is 310. The Morgan fingerprint density at radius 1 is 1.10 bits per heavy atom. The number of esters is 1. The van der Waals surface area contributed by atoms with Gasteiger partial charge in [-0.2, -0.15) is 0 Å². The monoisotopic (exact) mass is 281 g/mol. The van der Waals surface area contributed by atoms with Gasteiger partial charge in [0.05, 0.1) is 6.61 Å². The van der Waals surface area contributed by atoms with Crippen LogP contribution in [0.15, 0.2) is 0 Å². The Balaban J connectivity index is 2.11. The zero-order chi connectivity index (χ0) is 14.4. The molecule has 2 atom stereocenters. The number of hydrogen-bond donors (Lipinski definition) is 1. The highest BCUT2D eigenvalue weighted by molar-refractivity contribution is 5.82. The number of carbonyl (C=O) groups is 1. The summed E-state index contributed by atoms with van der Waals surface area (Å²) >= 11 is 0. The van der Waals surface area contributed by atoms with Crippen LogP contribution in [0.5, 0.6) is 0 Å². The third kappa shape index (κ3) is 3.36. The molecule has 2 unspecified atom stereocenters. The van der Waals surface area contributed by atoms with E-state index in [9.17, 15) is 4.79 Å². The summed E-state index contributed by atoms with van der Waals surface area (Å²) in [6.45, 7) is 4.61. The summed E-state index contributed by atoms with van der Waals surface area (Å²) in [5.74, 6) is 0.457. The van der Waals surface area contributed by atoms with E-state index >= 15 is 0 Å². The predicted octanol–water partition coefficient (Wildman–Crippen LogP) is 3.81. The van der Waals surface area contributed by atoms with E-state index in [0.29, 0.717) is 18.6 Å². The molecule has 2 aliphatic carbocycles. The van der Waals surface area contributed by atoms with Crippen LogP contribution in [0.3, 0.4) is 0 Å². The average Bonchev–Trinajstić information content (AvgIpc) is 2.68. The van der Waals surface area contributed by atoms with Gasteiger partial charge in [-0.15, -0.1) is 0 Å². The maximum Gasteiger partial charge on any atom is 0.326 e. The molecule has 0 bridgehead atoms. The molecule has 0 spiro atoms. The number of rotatable bonds is 5. The van der Waals surface area contributed by atoms with Crippen LogP contribution in [0.4, 0.5) is 0 Å². The molecule has 0 saturated heterocycles. The molecule has 0 radical (unpaired) electrons. The third-order valence-corrected chi connectivity index (χ3v) is 5.27. The van der Waals surface area contributed by atoms with Gasteiger partial charge in [0, 0.05) is 6.04 Å². The molecule has 116 valence electrons. The third-order valence-electron chi connectivity index (χ3n) is 5.27. The highest BCUT2D eigenvalue weighted by Crippen LogP contribution is 2.40. The smallest absolute Gasteiger partial charge is 0.326 e. The molecule has 0 amide bonds. The molecule has 3 nitrogen and oxygen atoms in total. The van der Waals surface area contributed by atoms with E-state index in [1.54, 1.807) is 0 Å². The van der Waals surface area contributed by atoms with Gasteiger partial charge in [0.2, 0.25) is 0 Å². The van der Waals surface area contributed by atoms with Crippen LogP contribution in [0.1, 0.15) is 78.1 Å². The summed E-state index contributed by atoms with van der Waals surface area (Å²) in [5.41, 5.74) is -0.389. The summed E-state index contributed by atoms with van der Waals surface area (Å²) < 4.78 is 5.43. The fourth-order valence-corrected chi connectivity index (χ4v) is 4.20. The quantitative estimate of drug-likeness (QED) is 0.615. The van der Waals surface area contributed by atoms with Crippen molar-refractivity contribution < 1.29 is 9.53 Å². The van der Waals surface area contributed by atoms with E-state index in [1.807, 2.05) is 6.92 Å². The van der Waals surface area contributed by atoms with Crippen molar-refractivity contribution in [3.63, 3.8) is 0 Å². The van der Waals surface area contributed by atoms with E-state index in [0.717, 1.165) is 25.7 Å². The summed E-state index contributed by atoms with van der Waals surface area (Å²) in [6.07, 6.45) is 12.1. The van der Waals surface area contributed by atoms with Gasteiger partial charge in [0.1, 0.15) is 5.54 Å². The zero-order valence-corrected chi connectivity index (χ0v) is 13.2. The topological polar surface area (TPSA) is 38.3 Å². The Morgan fingerprint density at radius 3 is 2.40 bits per heavy atom. The van der Waals surface area contributed by atoms with E-state index in [-0.39, 0.29) is 11.5 Å². The lowest BCUT2D eigenvalue weighted by Crippen LogP contribution is -2.58. The Hall–Kier alpha value is -0.570. The highest BCUT2D eigenvalue weighted by Gasteiger charge is 2.50. The molecule has 2 fully saturated rings. The average molecular weight is 281 g/mol. The normalized spacial score (nSPS) is 32.0. The Morgan fingerprint density at radius 2 is 1.80 bits per heavy atom. The first-order valence-electron chi connectivity index (χ1n) is 8.68. The van der Waals surface area contributed by atoms with Gasteiger partial charge < -0.3 is 4.74 Å². The SMILES string of the molecule is CCOC(=O)C1(NC2CCCCCC2)CCCC1CC. The molecule has 0 aromatic heterocycles. The van der Waals surface area contributed by atoms with Gasteiger partial charge in [0.25, 0.3) is 0 Å². The summed E-state index contributed by atoms with van der Waals surface area (Å²) in [7, 11) is 0. The molecular formula is C17H31NO2. The highest BCUT2D eigenvalue weighted by atomic mass is 16.5. The number of carbonyl (C=O) groups excluding carboxylic acids is 1. The molecule has 20 heavy (non-hydrogen) atoms. The minimum absolute atomic E-state index is 0.00796. The maximum absolute atomic E-state index is 12.6. The molecule has 1 N–H and O–H groups in total. The van der Waals surface area contributed by atoms with Crippen LogP contribution in [-0.4, -0.2) is 24.2 Å². The summed E-state index contributed by atoms with van der Waals surface area (Å²) in [6, 6.07) is 0.508. The van der Waals surface area contributed by atoms with Gasteiger partial charge >= 0.3 is 5.97 Å². The Kier molecular flexibility index (Phi) is 5.88. The van der Waals surface area contributed by atoms with Gasteiger partial charge in [-0.05, 0) is 38.5 Å². The molecular weight excluding hydrogens is 250 g/mol. The van der Waals surface area contributed by atoms with E-state index < -0.39 is 0 Å². The van der Waals surface area contributed by atoms with E-state index in [4.69, 9.17) is 4.74 Å². The molecule has 0 aromatic carbocycles. The van der Waals surface area contributed by atoms with Crippen molar-refractivity contribution in [3.05, 3.63) is 0 Å². The molecule has 2 rings (SSSR count). The number of hydrogen-bond acceptors (Lipinski definition) is 3. The minimum Gasteiger partial charge on any atom is -0.465 e. The van der Waals surface area contributed by atoms with Crippen LogP contribution in [0.25, 0.3) is 0 Å². The molecule has 0 heterocycles. The van der Waals surface area contributed by atoms with Crippen molar-refractivity contribution in [2.75, 3.05) is 6.61 Å². The number of ether oxygens (including phenoxy) is 1. The van der Waals surface area contributed by atoms with Gasteiger partial charge in [0.15, 0.2) is 0 Å². The fraction of sp³-hybridized carbons (Fsp3) is 0.941. The lowest BCUT2D eigenvalue weighted by molar-refractivity contribution is -0.153. The second kappa shape index (κ2) is 7.44. The van der Waals surface area contributed by atoms with Crippen LogP contribution >= 0.6 is 0 Å². The van der Waals surface area contributed by atoms with Crippen LogP contribution < -0.4 is 5.32 Å². The van der Waals surface area contributed by atoms with Crippen LogP contribution in [0.2, 0.25) is 0 Å². The van der Waals surface area contributed by atoms with Gasteiger partial charge in [-0.25, -0.2) is 0 Å². The van der Waals surface area contributed by atoms with Crippen molar-refractivity contribution in [2.45, 2.75) is 89.6 Å².